The second kappa shape index (κ2) is 9.54. The van der Waals surface area contributed by atoms with Gasteiger partial charge in [-0.1, -0.05) is 11.6 Å². The number of carbonyl (C=O) groups excluding carboxylic acids is 3. The maximum atomic E-state index is 12.6. The largest absolute Gasteiger partial charge is 0.506 e. The third kappa shape index (κ3) is 5.46. The summed E-state index contributed by atoms with van der Waals surface area (Å²) >= 11 is 14.0. The Morgan fingerprint density at radius 2 is 1.90 bits per heavy atom. The Balaban J connectivity index is 1.73. The molecule has 0 atom stereocenters. The van der Waals surface area contributed by atoms with Crippen molar-refractivity contribution >= 4 is 113 Å². The van der Waals surface area contributed by atoms with Crippen LogP contribution >= 0.6 is 84.5 Å². The molecule has 0 spiro atoms. The summed E-state index contributed by atoms with van der Waals surface area (Å²) in [7, 11) is 0. The minimum absolute atomic E-state index is 0.168. The summed E-state index contributed by atoms with van der Waals surface area (Å²) in [5.41, 5.74) is 1.13. The van der Waals surface area contributed by atoms with Crippen molar-refractivity contribution in [2.24, 2.45) is 0 Å². The number of amides is 3. The van der Waals surface area contributed by atoms with Crippen LogP contribution in [-0.2, 0) is 9.59 Å². The van der Waals surface area contributed by atoms with Crippen molar-refractivity contribution in [1.29, 1.82) is 0 Å². The van der Waals surface area contributed by atoms with Crippen molar-refractivity contribution in [2.45, 2.75) is 0 Å². The average molecular weight is 720 g/mol. The highest BCUT2D eigenvalue weighted by Gasteiger charge is 2.36. The number of aromatic hydroxyl groups is 1. The predicted molar refractivity (Wildman–Crippen MR) is 134 cm³/mol. The van der Waals surface area contributed by atoms with Gasteiger partial charge in [0.25, 0.3) is 11.1 Å². The summed E-state index contributed by atoms with van der Waals surface area (Å²) in [4.78, 5) is 38.2. The van der Waals surface area contributed by atoms with E-state index in [2.05, 4.69) is 21.2 Å². The highest BCUT2D eigenvalue weighted by atomic mass is 127. The molecule has 0 bridgehead atoms. The molecule has 3 amide bonds. The number of nitrogens with one attached hydrogen (secondary N) is 1. The highest BCUT2D eigenvalue weighted by Crippen LogP contribution is 2.34. The van der Waals surface area contributed by atoms with E-state index in [1.54, 1.807) is 36.4 Å². The molecule has 1 aliphatic heterocycles. The summed E-state index contributed by atoms with van der Waals surface area (Å²) < 4.78 is 1.95. The standard InChI is InChI=1S/C18H10BrClI2N2O4S/c19-10-2-1-9(6-11(10)20)23-15(25)7-24-17(27)14(29-18(24)28)5-8-3-12(21)16(26)13(22)4-8/h1-6,26H,7H2,(H,23,25)/b14-5+. The van der Waals surface area contributed by atoms with Crippen molar-refractivity contribution < 1.29 is 19.5 Å². The molecule has 6 nitrogen and oxygen atoms in total. The van der Waals surface area contributed by atoms with Gasteiger partial charge in [0.2, 0.25) is 5.91 Å². The lowest BCUT2D eigenvalue weighted by atomic mass is 10.2. The van der Waals surface area contributed by atoms with E-state index in [0.29, 0.717) is 27.9 Å². The van der Waals surface area contributed by atoms with Gasteiger partial charge in [-0.3, -0.25) is 19.3 Å². The normalized spacial score (nSPS) is 15.3. The fourth-order valence-corrected chi connectivity index (χ4v) is 5.46. The van der Waals surface area contributed by atoms with Crippen LogP contribution in [0.5, 0.6) is 5.75 Å². The molecule has 0 aliphatic carbocycles. The number of carbonyl (C=O) groups is 3. The number of nitrogens with zero attached hydrogens (tertiary/aromatic N) is 1. The van der Waals surface area contributed by atoms with Crippen LogP contribution in [0.1, 0.15) is 5.56 Å². The molecule has 29 heavy (non-hydrogen) atoms. The Bertz CT molecular complexity index is 1060. The number of benzene rings is 2. The number of anilines is 1. The number of phenols is 1. The van der Waals surface area contributed by atoms with Gasteiger partial charge in [-0.15, -0.1) is 0 Å². The lowest BCUT2D eigenvalue weighted by Crippen LogP contribution is -2.36. The van der Waals surface area contributed by atoms with Gasteiger partial charge >= 0.3 is 0 Å². The third-order valence-corrected chi connectivity index (χ3v) is 7.50. The van der Waals surface area contributed by atoms with Crippen molar-refractivity contribution in [3.05, 3.63) is 57.4 Å². The topological polar surface area (TPSA) is 86.7 Å². The molecule has 2 aromatic rings. The first kappa shape index (κ1) is 22.8. The van der Waals surface area contributed by atoms with Crippen LogP contribution in [-0.4, -0.2) is 33.6 Å². The molecular formula is C18H10BrClI2N2O4S. The minimum atomic E-state index is -0.540. The Hall–Kier alpha value is -0.830. The molecular weight excluding hydrogens is 709 g/mol. The number of phenolic OH excluding ortho intramolecular Hbond substituents is 1. The first-order chi connectivity index (χ1) is 13.7. The number of rotatable bonds is 4. The van der Waals surface area contributed by atoms with Crippen molar-refractivity contribution in [3.63, 3.8) is 0 Å². The predicted octanol–water partition coefficient (Wildman–Crippen LogP) is 5.69. The van der Waals surface area contributed by atoms with Gasteiger partial charge in [0.15, 0.2) is 0 Å². The summed E-state index contributed by atoms with van der Waals surface area (Å²) in [5, 5.41) is 12.4. The molecule has 0 saturated carbocycles. The molecule has 1 aliphatic rings. The number of imide groups is 1. The molecule has 2 N–H and O–H groups in total. The molecule has 11 heteroatoms. The van der Waals surface area contributed by atoms with Crippen molar-refractivity contribution in [3.8, 4) is 5.75 Å². The Labute approximate surface area is 210 Å². The molecule has 0 radical (unpaired) electrons. The Morgan fingerprint density at radius 3 is 2.52 bits per heavy atom. The van der Waals surface area contributed by atoms with Gasteiger partial charge in [0, 0.05) is 10.2 Å². The number of hydrogen-bond donors (Lipinski definition) is 2. The zero-order valence-corrected chi connectivity index (χ0v) is 21.7. The van der Waals surface area contributed by atoms with Crippen LogP contribution in [0.15, 0.2) is 39.7 Å². The maximum Gasteiger partial charge on any atom is 0.294 e. The van der Waals surface area contributed by atoms with Gasteiger partial charge < -0.3 is 10.4 Å². The summed E-state index contributed by atoms with van der Waals surface area (Å²) in [6.07, 6.45) is 1.57. The van der Waals surface area contributed by atoms with Gasteiger partial charge in [-0.05, 0) is 115 Å². The number of hydrogen-bond acceptors (Lipinski definition) is 5. The van der Waals surface area contributed by atoms with E-state index in [0.717, 1.165) is 16.7 Å². The average Bonchev–Trinajstić information content (AvgIpc) is 2.90. The van der Waals surface area contributed by atoms with E-state index in [4.69, 9.17) is 11.6 Å². The van der Waals surface area contributed by atoms with Crippen molar-refractivity contribution in [2.75, 3.05) is 11.9 Å². The molecule has 1 saturated heterocycles. The van der Waals surface area contributed by atoms with Gasteiger partial charge in [-0.25, -0.2) is 0 Å². The Kier molecular flexibility index (Phi) is 7.51. The van der Waals surface area contributed by atoms with E-state index < -0.39 is 23.6 Å². The summed E-state index contributed by atoms with van der Waals surface area (Å²) in [6.45, 7) is -0.402. The molecule has 1 heterocycles. The van der Waals surface area contributed by atoms with Crippen LogP contribution in [0.4, 0.5) is 10.5 Å². The van der Waals surface area contributed by atoms with Gasteiger partial charge in [-0.2, -0.15) is 0 Å². The third-order valence-electron chi connectivity index (χ3n) is 3.72. The van der Waals surface area contributed by atoms with Crippen LogP contribution in [0.3, 0.4) is 0 Å². The van der Waals surface area contributed by atoms with E-state index in [1.807, 2.05) is 45.2 Å². The summed E-state index contributed by atoms with van der Waals surface area (Å²) in [6, 6.07) is 8.30. The zero-order chi connectivity index (χ0) is 21.3. The van der Waals surface area contributed by atoms with Crippen LogP contribution in [0, 0.1) is 7.14 Å². The quantitative estimate of drug-likeness (QED) is 0.314. The van der Waals surface area contributed by atoms with E-state index >= 15 is 0 Å². The Morgan fingerprint density at radius 1 is 1.24 bits per heavy atom. The first-order valence-corrected chi connectivity index (χ1v) is 12.0. The number of halogens is 4. The van der Waals surface area contributed by atoms with Crippen LogP contribution in [0.2, 0.25) is 5.02 Å². The monoisotopic (exact) mass is 718 g/mol. The second-order valence-electron chi connectivity index (χ2n) is 5.78. The highest BCUT2D eigenvalue weighted by molar-refractivity contribution is 14.1. The molecule has 1 fully saturated rings. The smallest absolute Gasteiger partial charge is 0.294 e. The van der Waals surface area contributed by atoms with Crippen LogP contribution < -0.4 is 5.32 Å². The zero-order valence-electron chi connectivity index (χ0n) is 14.2. The lowest BCUT2D eigenvalue weighted by molar-refractivity contribution is -0.127. The maximum absolute atomic E-state index is 12.6. The second-order valence-corrected chi connectivity index (χ2v) is 10.4. The van der Waals surface area contributed by atoms with Crippen molar-refractivity contribution in [1.82, 2.24) is 4.90 Å². The first-order valence-electron chi connectivity index (χ1n) is 7.84. The SMILES string of the molecule is O=C(CN1C(=O)S/C(=C/c2cc(I)c(O)c(I)c2)C1=O)Nc1ccc(Br)c(Cl)c1. The fraction of sp³-hybridized carbons (Fsp3) is 0.0556. The van der Waals surface area contributed by atoms with Gasteiger partial charge in [0.05, 0.1) is 17.1 Å². The van der Waals surface area contributed by atoms with Gasteiger partial charge in [0.1, 0.15) is 12.3 Å². The van der Waals surface area contributed by atoms with E-state index in [-0.39, 0.29) is 10.7 Å². The molecule has 0 unspecified atom stereocenters. The minimum Gasteiger partial charge on any atom is -0.506 e. The molecule has 0 aromatic heterocycles. The number of thioether (sulfide) groups is 1. The van der Waals surface area contributed by atoms with Crippen LogP contribution in [0.25, 0.3) is 6.08 Å². The molecule has 150 valence electrons. The van der Waals surface area contributed by atoms with E-state index in [9.17, 15) is 19.5 Å². The molecule has 2 aromatic carbocycles. The summed E-state index contributed by atoms with van der Waals surface area (Å²) in [5.74, 6) is -0.885. The fourth-order valence-electron chi connectivity index (χ4n) is 2.37. The molecule has 3 rings (SSSR count). The van der Waals surface area contributed by atoms with E-state index in [1.165, 1.54) is 0 Å². The lowest BCUT2D eigenvalue weighted by Gasteiger charge is -2.12.